The van der Waals surface area contributed by atoms with Gasteiger partial charge in [-0.25, -0.2) is 13.8 Å². The largest absolute Gasteiger partial charge is 0.434 e. The Morgan fingerprint density at radius 1 is 1.24 bits per heavy atom. The van der Waals surface area contributed by atoms with Crippen molar-refractivity contribution in [3.63, 3.8) is 0 Å². The maximum atomic E-state index is 13.3. The summed E-state index contributed by atoms with van der Waals surface area (Å²) in [6.07, 6.45) is -5.44. The van der Waals surface area contributed by atoms with Crippen LogP contribution in [0.4, 0.5) is 22.0 Å². The molecule has 1 aromatic rings. The van der Waals surface area contributed by atoms with E-state index in [4.69, 9.17) is 5.26 Å². The summed E-state index contributed by atoms with van der Waals surface area (Å²) in [5, 5.41) is 8.45. The summed E-state index contributed by atoms with van der Waals surface area (Å²) in [7, 11) is 0. The van der Waals surface area contributed by atoms with Gasteiger partial charge in [0.15, 0.2) is 12.0 Å². The van der Waals surface area contributed by atoms with Gasteiger partial charge in [-0.3, -0.25) is 4.79 Å². The summed E-state index contributed by atoms with van der Waals surface area (Å²) >= 11 is 0. The molecule has 0 atom stereocenters. The third-order valence-corrected chi connectivity index (χ3v) is 3.44. The van der Waals surface area contributed by atoms with Gasteiger partial charge in [-0.1, -0.05) is 19.9 Å². The number of hydrogen-bond donors (Lipinski definition) is 0. The minimum Gasteiger partial charge on any atom is -0.298 e. The standard InChI is InChI=1S/C17H17F5N2O/c1-10(2)8-12-11(6-4-3-5-7-23)14(16(18)19)24-15(13(12)9-25)17(20,21)22/h3,5,9-10,16H,4,6,8H2,1-2H3. The van der Waals surface area contributed by atoms with Crippen LogP contribution < -0.4 is 0 Å². The predicted octanol–water partition coefficient (Wildman–Crippen LogP) is 5.06. The number of hydrogen-bond acceptors (Lipinski definition) is 3. The summed E-state index contributed by atoms with van der Waals surface area (Å²) in [5.74, 6) is -0.152. The normalized spacial score (nSPS) is 12.2. The molecule has 3 nitrogen and oxygen atoms in total. The average Bonchev–Trinajstić information content (AvgIpc) is 2.49. The number of nitriles is 1. The van der Waals surface area contributed by atoms with E-state index < -0.39 is 29.6 Å². The second-order valence-corrected chi connectivity index (χ2v) is 5.80. The fourth-order valence-electron chi connectivity index (χ4n) is 2.52. The van der Waals surface area contributed by atoms with Gasteiger partial charge in [0.05, 0.1) is 6.07 Å². The molecule has 0 aliphatic rings. The van der Waals surface area contributed by atoms with E-state index in [9.17, 15) is 26.7 Å². The van der Waals surface area contributed by atoms with Crippen LogP contribution in [-0.4, -0.2) is 11.3 Å². The van der Waals surface area contributed by atoms with Crippen LogP contribution in [0.15, 0.2) is 12.2 Å². The van der Waals surface area contributed by atoms with Gasteiger partial charge in [0.2, 0.25) is 0 Å². The quantitative estimate of drug-likeness (QED) is 0.388. The van der Waals surface area contributed by atoms with E-state index in [0.29, 0.717) is 0 Å². The van der Waals surface area contributed by atoms with Gasteiger partial charge in [-0.2, -0.15) is 18.4 Å². The molecule has 0 bridgehead atoms. The molecule has 0 saturated carbocycles. The summed E-state index contributed by atoms with van der Waals surface area (Å²) in [6, 6.07) is 1.74. The van der Waals surface area contributed by atoms with Crippen molar-refractivity contribution in [1.82, 2.24) is 4.98 Å². The van der Waals surface area contributed by atoms with E-state index in [-0.39, 0.29) is 42.6 Å². The fraction of sp³-hybridized carbons (Fsp3) is 0.471. The van der Waals surface area contributed by atoms with Crippen LogP contribution in [0.3, 0.4) is 0 Å². The lowest BCUT2D eigenvalue weighted by atomic mass is 9.89. The first-order valence-corrected chi connectivity index (χ1v) is 7.54. The minimum absolute atomic E-state index is 0.0252. The Hall–Kier alpha value is -2.30. The summed E-state index contributed by atoms with van der Waals surface area (Å²) in [6.45, 7) is 3.42. The number of aromatic nitrogens is 1. The molecule has 0 amide bonds. The molecule has 0 saturated heterocycles. The number of allylic oxidation sites excluding steroid dienone is 2. The molecule has 0 radical (unpaired) electrons. The second-order valence-electron chi connectivity index (χ2n) is 5.80. The number of halogens is 5. The van der Waals surface area contributed by atoms with Crippen LogP contribution in [0.5, 0.6) is 0 Å². The van der Waals surface area contributed by atoms with Gasteiger partial charge >= 0.3 is 6.18 Å². The Labute approximate surface area is 142 Å². The second kappa shape index (κ2) is 8.70. The third kappa shape index (κ3) is 5.34. The van der Waals surface area contributed by atoms with Gasteiger partial charge < -0.3 is 0 Å². The molecule has 0 aromatic carbocycles. The van der Waals surface area contributed by atoms with Gasteiger partial charge in [-0.15, -0.1) is 0 Å². The van der Waals surface area contributed by atoms with Crippen molar-refractivity contribution in [3.8, 4) is 6.07 Å². The Bertz CT molecular complexity index is 688. The summed E-state index contributed by atoms with van der Waals surface area (Å²) < 4.78 is 66.2. The van der Waals surface area contributed by atoms with Crippen molar-refractivity contribution in [2.24, 2.45) is 5.92 Å². The van der Waals surface area contributed by atoms with Gasteiger partial charge in [0, 0.05) is 11.6 Å². The monoisotopic (exact) mass is 360 g/mol. The van der Waals surface area contributed by atoms with Crippen molar-refractivity contribution in [1.29, 1.82) is 5.26 Å². The average molecular weight is 360 g/mol. The van der Waals surface area contributed by atoms with Crippen molar-refractivity contribution >= 4 is 6.29 Å². The maximum Gasteiger partial charge on any atom is 0.434 e. The molecule has 0 spiro atoms. The van der Waals surface area contributed by atoms with Gasteiger partial charge in [0.1, 0.15) is 5.69 Å². The van der Waals surface area contributed by atoms with Crippen LogP contribution in [0.25, 0.3) is 0 Å². The number of carbonyl (C=O) groups is 1. The highest BCUT2D eigenvalue weighted by molar-refractivity contribution is 5.80. The molecule has 0 N–H and O–H groups in total. The molecular formula is C17H17F5N2O. The molecule has 1 aromatic heterocycles. The first-order chi connectivity index (χ1) is 11.6. The van der Waals surface area contributed by atoms with Crippen LogP contribution in [-0.2, 0) is 19.0 Å². The lowest BCUT2D eigenvalue weighted by Gasteiger charge is -2.21. The highest BCUT2D eigenvalue weighted by atomic mass is 19.4. The van der Waals surface area contributed by atoms with Crippen LogP contribution in [0.1, 0.15) is 59.6 Å². The van der Waals surface area contributed by atoms with E-state index in [2.05, 4.69) is 4.98 Å². The van der Waals surface area contributed by atoms with Crippen molar-refractivity contribution < 1.29 is 26.7 Å². The van der Waals surface area contributed by atoms with Crippen LogP contribution >= 0.6 is 0 Å². The number of carbonyl (C=O) groups excluding carboxylic acids is 1. The highest BCUT2D eigenvalue weighted by Gasteiger charge is 2.39. The molecule has 25 heavy (non-hydrogen) atoms. The Morgan fingerprint density at radius 3 is 2.32 bits per heavy atom. The fourth-order valence-corrected chi connectivity index (χ4v) is 2.52. The SMILES string of the molecule is CC(C)Cc1c(C=O)c(C(F)(F)F)nc(C(F)F)c1CCC=CC#N. The Morgan fingerprint density at radius 2 is 1.88 bits per heavy atom. The highest BCUT2D eigenvalue weighted by Crippen LogP contribution is 2.37. The molecule has 0 unspecified atom stereocenters. The van der Waals surface area contributed by atoms with E-state index >= 15 is 0 Å². The smallest absolute Gasteiger partial charge is 0.298 e. The first-order valence-electron chi connectivity index (χ1n) is 7.54. The van der Waals surface area contributed by atoms with Crippen LogP contribution in [0.2, 0.25) is 0 Å². The molecular weight excluding hydrogens is 343 g/mol. The third-order valence-electron chi connectivity index (χ3n) is 3.44. The predicted molar refractivity (Wildman–Crippen MR) is 81.2 cm³/mol. The van der Waals surface area contributed by atoms with E-state index in [0.717, 1.165) is 6.08 Å². The molecule has 8 heteroatoms. The number of nitrogens with zero attached hydrogens (tertiary/aromatic N) is 2. The van der Waals surface area contributed by atoms with Crippen molar-refractivity contribution in [2.45, 2.75) is 45.7 Å². The lowest BCUT2D eigenvalue weighted by Crippen LogP contribution is -2.19. The number of rotatable bonds is 7. The Kier molecular flexibility index (Phi) is 7.22. The zero-order valence-electron chi connectivity index (χ0n) is 13.7. The number of aldehydes is 1. The van der Waals surface area contributed by atoms with Gasteiger partial charge in [-0.05, 0) is 36.3 Å². The zero-order valence-corrected chi connectivity index (χ0v) is 13.7. The summed E-state index contributed by atoms with van der Waals surface area (Å²) in [5.41, 5.74) is -3.33. The molecule has 0 aliphatic carbocycles. The molecule has 136 valence electrons. The molecule has 1 rings (SSSR count). The minimum atomic E-state index is -5.01. The van der Waals surface area contributed by atoms with Crippen molar-refractivity contribution in [2.75, 3.05) is 0 Å². The van der Waals surface area contributed by atoms with Crippen molar-refractivity contribution in [3.05, 3.63) is 40.2 Å². The van der Waals surface area contributed by atoms with E-state index in [1.807, 2.05) is 0 Å². The van der Waals surface area contributed by atoms with E-state index in [1.165, 1.54) is 6.08 Å². The Balaban J connectivity index is 3.66. The first kappa shape index (κ1) is 20.7. The topological polar surface area (TPSA) is 53.8 Å². The molecule has 1 heterocycles. The number of alkyl halides is 5. The summed E-state index contributed by atoms with van der Waals surface area (Å²) in [4.78, 5) is 14.4. The molecule has 0 fully saturated rings. The van der Waals surface area contributed by atoms with Gasteiger partial charge in [0.25, 0.3) is 6.43 Å². The van der Waals surface area contributed by atoms with Crippen LogP contribution in [0, 0.1) is 17.2 Å². The maximum absolute atomic E-state index is 13.3. The lowest BCUT2D eigenvalue weighted by molar-refractivity contribution is -0.141. The van der Waals surface area contributed by atoms with E-state index in [1.54, 1.807) is 19.9 Å². The molecule has 0 aliphatic heterocycles. The zero-order chi connectivity index (χ0) is 19.2. The number of pyridine rings is 1.